The normalized spacial score (nSPS) is 12.6. The first-order valence-corrected chi connectivity index (χ1v) is 9.92. The minimum atomic E-state index is -2.96. The van der Waals surface area contributed by atoms with Gasteiger partial charge in [-0.3, -0.25) is 4.99 Å². The van der Waals surface area contributed by atoms with Crippen LogP contribution in [0.3, 0.4) is 0 Å². The average molecular weight is 459 g/mol. The molecule has 128 valence electrons. The van der Waals surface area contributed by atoms with E-state index in [-0.39, 0.29) is 35.1 Å². The Labute approximate surface area is 154 Å². The van der Waals surface area contributed by atoms with Crippen molar-refractivity contribution >= 4 is 51.1 Å². The first-order chi connectivity index (χ1) is 9.74. The molecule has 1 aromatic rings. The van der Waals surface area contributed by atoms with E-state index < -0.39 is 9.84 Å². The fourth-order valence-electron chi connectivity index (χ4n) is 1.71. The van der Waals surface area contributed by atoms with Gasteiger partial charge in [-0.15, -0.1) is 35.3 Å². The largest absolute Gasteiger partial charge is 0.357 e. The molecule has 5 nitrogen and oxygen atoms in total. The number of thiophene rings is 1. The van der Waals surface area contributed by atoms with Crippen LogP contribution in [0.1, 0.15) is 25.6 Å². The first-order valence-electron chi connectivity index (χ1n) is 6.98. The standard InChI is InChI=1S/C14H25N3O2S2.HI/c1-5-15-13(16-8-10-21(4,18)19)17-11-14(2,3)12-7-6-9-20-12;/h6-7,9H,5,8,10-11H2,1-4H3,(H2,15,16,17);1H. The van der Waals surface area contributed by atoms with E-state index in [4.69, 9.17) is 0 Å². The minimum absolute atomic E-state index is 0. The Morgan fingerprint density at radius 1 is 1.36 bits per heavy atom. The number of hydrogen-bond acceptors (Lipinski definition) is 4. The third-order valence-corrected chi connectivity index (χ3v) is 5.11. The van der Waals surface area contributed by atoms with Gasteiger partial charge in [0, 0.05) is 29.6 Å². The number of rotatable bonds is 7. The zero-order valence-corrected chi connectivity index (χ0v) is 17.5. The van der Waals surface area contributed by atoms with E-state index in [9.17, 15) is 8.42 Å². The molecule has 0 fully saturated rings. The Balaban J connectivity index is 0.00000441. The highest BCUT2D eigenvalue weighted by atomic mass is 127. The van der Waals surface area contributed by atoms with Crippen molar-refractivity contribution < 1.29 is 8.42 Å². The molecule has 22 heavy (non-hydrogen) atoms. The Hall–Kier alpha value is -0.350. The average Bonchev–Trinajstić information content (AvgIpc) is 2.89. The summed E-state index contributed by atoms with van der Waals surface area (Å²) < 4.78 is 22.3. The van der Waals surface area contributed by atoms with Crippen molar-refractivity contribution in [3.05, 3.63) is 22.4 Å². The summed E-state index contributed by atoms with van der Waals surface area (Å²) in [6.07, 6.45) is 1.23. The van der Waals surface area contributed by atoms with Crippen molar-refractivity contribution in [2.45, 2.75) is 26.2 Å². The molecular weight excluding hydrogens is 433 g/mol. The van der Waals surface area contributed by atoms with Gasteiger partial charge in [-0.05, 0) is 18.4 Å². The van der Waals surface area contributed by atoms with E-state index in [2.05, 4.69) is 40.9 Å². The fourth-order valence-corrected chi connectivity index (χ4v) is 3.03. The molecule has 1 heterocycles. The van der Waals surface area contributed by atoms with Crippen molar-refractivity contribution in [3.63, 3.8) is 0 Å². The number of hydrogen-bond donors (Lipinski definition) is 2. The van der Waals surface area contributed by atoms with Crippen molar-refractivity contribution in [1.82, 2.24) is 10.6 Å². The smallest absolute Gasteiger partial charge is 0.191 e. The minimum Gasteiger partial charge on any atom is -0.357 e. The Bertz CT molecular complexity index is 555. The number of aliphatic imine (C=N–C) groups is 1. The lowest BCUT2D eigenvalue weighted by Crippen LogP contribution is -2.40. The number of guanidine groups is 1. The molecule has 1 aromatic heterocycles. The summed E-state index contributed by atoms with van der Waals surface area (Å²) in [7, 11) is -2.96. The molecule has 0 radical (unpaired) electrons. The molecule has 0 spiro atoms. The van der Waals surface area contributed by atoms with Crippen LogP contribution in [0.5, 0.6) is 0 Å². The summed E-state index contributed by atoms with van der Waals surface area (Å²) in [5.74, 6) is 0.761. The summed E-state index contributed by atoms with van der Waals surface area (Å²) >= 11 is 1.73. The molecular formula is C14H26IN3O2S2. The summed E-state index contributed by atoms with van der Waals surface area (Å²) in [5, 5.41) is 8.26. The number of nitrogens with one attached hydrogen (secondary N) is 2. The van der Waals surface area contributed by atoms with Gasteiger partial charge in [0.2, 0.25) is 0 Å². The van der Waals surface area contributed by atoms with Crippen LogP contribution in [-0.2, 0) is 15.3 Å². The quantitative estimate of drug-likeness (QED) is 0.373. The van der Waals surface area contributed by atoms with E-state index in [1.54, 1.807) is 11.3 Å². The van der Waals surface area contributed by atoms with Crippen LogP contribution in [0, 0.1) is 0 Å². The van der Waals surface area contributed by atoms with Crippen LogP contribution in [0.2, 0.25) is 0 Å². The zero-order chi connectivity index (χ0) is 15.9. The van der Waals surface area contributed by atoms with Gasteiger partial charge < -0.3 is 10.6 Å². The highest BCUT2D eigenvalue weighted by Gasteiger charge is 2.21. The van der Waals surface area contributed by atoms with Crippen LogP contribution in [-0.4, -0.2) is 46.0 Å². The number of halogens is 1. The SMILES string of the molecule is CCNC(=NCC(C)(C)c1cccs1)NCCS(C)(=O)=O.I. The predicted molar refractivity (Wildman–Crippen MR) is 106 cm³/mol. The third kappa shape index (κ3) is 8.33. The monoisotopic (exact) mass is 459 g/mol. The maximum absolute atomic E-state index is 11.1. The lowest BCUT2D eigenvalue weighted by molar-refractivity contribution is 0.548. The van der Waals surface area contributed by atoms with E-state index >= 15 is 0 Å². The van der Waals surface area contributed by atoms with Crippen LogP contribution in [0.25, 0.3) is 0 Å². The van der Waals surface area contributed by atoms with Gasteiger partial charge in [-0.1, -0.05) is 19.9 Å². The van der Waals surface area contributed by atoms with Crippen molar-refractivity contribution in [2.75, 3.05) is 31.6 Å². The molecule has 0 aliphatic carbocycles. The molecule has 0 aromatic carbocycles. The molecule has 0 saturated heterocycles. The second-order valence-corrected chi connectivity index (χ2v) is 8.82. The molecule has 0 aliphatic heterocycles. The number of sulfone groups is 1. The highest BCUT2D eigenvalue weighted by molar-refractivity contribution is 14.0. The molecule has 1 rings (SSSR count). The molecule has 0 amide bonds. The summed E-state index contributed by atoms with van der Waals surface area (Å²) in [6, 6.07) is 4.16. The van der Waals surface area contributed by atoms with Crippen molar-refractivity contribution in [2.24, 2.45) is 4.99 Å². The van der Waals surface area contributed by atoms with Gasteiger partial charge in [0.05, 0.1) is 12.3 Å². The number of nitrogens with zero attached hydrogens (tertiary/aromatic N) is 1. The third-order valence-electron chi connectivity index (χ3n) is 2.93. The van der Waals surface area contributed by atoms with Gasteiger partial charge in [-0.25, -0.2) is 8.42 Å². The lowest BCUT2D eigenvalue weighted by Gasteiger charge is -2.21. The molecule has 0 atom stereocenters. The molecule has 2 N–H and O–H groups in total. The van der Waals surface area contributed by atoms with Gasteiger partial charge in [-0.2, -0.15) is 0 Å². The van der Waals surface area contributed by atoms with Gasteiger partial charge in [0.1, 0.15) is 9.84 Å². The Kier molecular flexibility index (Phi) is 9.56. The summed E-state index contributed by atoms with van der Waals surface area (Å²) in [6.45, 7) is 8.04. The molecule has 0 aliphatic rings. The molecule has 8 heteroatoms. The van der Waals surface area contributed by atoms with Crippen molar-refractivity contribution in [3.8, 4) is 0 Å². The molecule has 0 saturated carbocycles. The maximum atomic E-state index is 11.1. The van der Waals surface area contributed by atoms with E-state index in [1.165, 1.54) is 11.1 Å². The second-order valence-electron chi connectivity index (χ2n) is 5.61. The maximum Gasteiger partial charge on any atom is 0.191 e. The predicted octanol–water partition coefficient (Wildman–Crippen LogP) is 2.24. The zero-order valence-electron chi connectivity index (χ0n) is 13.5. The van der Waals surface area contributed by atoms with Crippen LogP contribution >= 0.6 is 35.3 Å². The summed E-state index contributed by atoms with van der Waals surface area (Å²) in [4.78, 5) is 5.86. The van der Waals surface area contributed by atoms with E-state index in [1.807, 2.05) is 13.0 Å². The second kappa shape index (κ2) is 9.71. The first kappa shape index (κ1) is 21.6. The van der Waals surface area contributed by atoms with Gasteiger partial charge in [0.15, 0.2) is 5.96 Å². The molecule has 0 unspecified atom stereocenters. The topological polar surface area (TPSA) is 70.6 Å². The Morgan fingerprint density at radius 3 is 2.55 bits per heavy atom. The highest BCUT2D eigenvalue weighted by Crippen LogP contribution is 2.27. The fraction of sp³-hybridized carbons (Fsp3) is 0.643. The Morgan fingerprint density at radius 2 is 2.05 bits per heavy atom. The van der Waals surface area contributed by atoms with E-state index in [0.29, 0.717) is 19.0 Å². The van der Waals surface area contributed by atoms with Gasteiger partial charge >= 0.3 is 0 Å². The van der Waals surface area contributed by atoms with E-state index in [0.717, 1.165) is 6.54 Å². The van der Waals surface area contributed by atoms with Gasteiger partial charge in [0.25, 0.3) is 0 Å². The van der Waals surface area contributed by atoms with Crippen LogP contribution < -0.4 is 10.6 Å². The van der Waals surface area contributed by atoms with Crippen LogP contribution in [0.15, 0.2) is 22.5 Å². The summed E-state index contributed by atoms with van der Waals surface area (Å²) in [5.41, 5.74) is -0.0344. The van der Waals surface area contributed by atoms with Crippen molar-refractivity contribution in [1.29, 1.82) is 0 Å². The lowest BCUT2D eigenvalue weighted by atomic mass is 9.92. The molecule has 0 bridgehead atoms. The van der Waals surface area contributed by atoms with Crippen LogP contribution in [0.4, 0.5) is 0 Å².